The van der Waals surface area contributed by atoms with Crippen molar-refractivity contribution in [2.75, 3.05) is 18.5 Å². The zero-order valence-electron chi connectivity index (χ0n) is 10.3. The van der Waals surface area contributed by atoms with Crippen LogP contribution in [0.2, 0.25) is 0 Å². The molecule has 16 heavy (non-hydrogen) atoms. The van der Waals surface area contributed by atoms with Crippen LogP contribution in [-0.2, 0) is 7.05 Å². The summed E-state index contributed by atoms with van der Waals surface area (Å²) in [5.74, 6) is 1.67. The van der Waals surface area contributed by atoms with E-state index in [0.717, 1.165) is 12.5 Å². The van der Waals surface area contributed by atoms with E-state index in [1.165, 1.54) is 25.7 Å². The smallest absolute Gasteiger partial charge is 0.205 e. The molecular weight excluding hydrogens is 200 g/mol. The first-order valence-corrected chi connectivity index (χ1v) is 6.14. The molecule has 1 aromatic heterocycles. The molecule has 0 aromatic carbocycles. The van der Waals surface area contributed by atoms with Gasteiger partial charge in [0.15, 0.2) is 0 Å². The van der Waals surface area contributed by atoms with E-state index in [1.807, 2.05) is 19.4 Å². The number of hydrogen-bond donors (Lipinski definition) is 1. The molecule has 4 nitrogen and oxygen atoms in total. The Balaban J connectivity index is 2.13. The van der Waals surface area contributed by atoms with Gasteiger partial charge in [-0.3, -0.25) is 0 Å². The summed E-state index contributed by atoms with van der Waals surface area (Å²) in [4.78, 5) is 6.71. The highest BCUT2D eigenvalue weighted by atomic mass is 15.3. The first-order chi connectivity index (χ1) is 7.74. The average Bonchev–Trinajstić information content (AvgIpc) is 2.74. The summed E-state index contributed by atoms with van der Waals surface area (Å²) in [6, 6.07) is 0.555. The highest BCUT2D eigenvalue weighted by molar-refractivity contribution is 5.31. The Hall–Kier alpha value is -1.03. The van der Waals surface area contributed by atoms with Crippen LogP contribution >= 0.6 is 0 Å². The molecule has 0 spiro atoms. The topological polar surface area (TPSA) is 47.1 Å². The number of anilines is 1. The summed E-state index contributed by atoms with van der Waals surface area (Å²) < 4.78 is 2.07. The summed E-state index contributed by atoms with van der Waals surface area (Å²) in [5.41, 5.74) is 5.87. The molecule has 1 aromatic rings. The Labute approximate surface area is 97.4 Å². The number of nitrogens with two attached hydrogens (primary N) is 1. The molecule has 0 aliphatic heterocycles. The third-order valence-corrected chi connectivity index (χ3v) is 3.78. The zero-order chi connectivity index (χ0) is 11.5. The Morgan fingerprint density at radius 2 is 2.25 bits per heavy atom. The molecule has 1 fully saturated rings. The number of rotatable bonds is 3. The van der Waals surface area contributed by atoms with Crippen molar-refractivity contribution >= 4 is 5.95 Å². The molecule has 4 heteroatoms. The Morgan fingerprint density at radius 1 is 1.50 bits per heavy atom. The first kappa shape index (κ1) is 11.5. The molecule has 0 saturated heterocycles. The van der Waals surface area contributed by atoms with Crippen molar-refractivity contribution in [3.63, 3.8) is 0 Å². The zero-order valence-corrected chi connectivity index (χ0v) is 10.3. The second-order valence-corrected chi connectivity index (χ2v) is 4.80. The maximum absolute atomic E-state index is 5.87. The van der Waals surface area contributed by atoms with Crippen molar-refractivity contribution in [2.24, 2.45) is 18.7 Å². The van der Waals surface area contributed by atoms with Gasteiger partial charge in [-0.25, -0.2) is 4.98 Å². The van der Waals surface area contributed by atoms with Crippen molar-refractivity contribution in [2.45, 2.75) is 31.7 Å². The minimum Gasteiger partial charge on any atom is -0.342 e. The van der Waals surface area contributed by atoms with Gasteiger partial charge in [0.1, 0.15) is 0 Å². The largest absolute Gasteiger partial charge is 0.342 e. The molecule has 1 heterocycles. The van der Waals surface area contributed by atoms with Gasteiger partial charge in [-0.1, -0.05) is 12.8 Å². The highest BCUT2D eigenvalue weighted by Gasteiger charge is 2.28. The molecule has 2 N–H and O–H groups in total. The van der Waals surface area contributed by atoms with E-state index in [4.69, 9.17) is 5.73 Å². The van der Waals surface area contributed by atoms with Gasteiger partial charge in [0, 0.05) is 32.5 Å². The maximum Gasteiger partial charge on any atom is 0.205 e. The van der Waals surface area contributed by atoms with Crippen molar-refractivity contribution < 1.29 is 0 Å². The number of aromatic nitrogens is 2. The molecule has 2 rings (SSSR count). The molecule has 1 saturated carbocycles. The van der Waals surface area contributed by atoms with Crippen LogP contribution in [-0.4, -0.2) is 29.2 Å². The number of hydrogen-bond acceptors (Lipinski definition) is 3. The quantitative estimate of drug-likeness (QED) is 0.840. The predicted molar refractivity (Wildman–Crippen MR) is 66.4 cm³/mol. The standard InChI is InChI=1S/C12H22N4/c1-15-8-7-14-12(15)16(2)11-6-4-3-5-10(11)9-13/h7-8,10-11H,3-6,9,13H2,1-2H3. The van der Waals surface area contributed by atoms with Crippen molar-refractivity contribution in [3.05, 3.63) is 12.4 Å². The van der Waals surface area contributed by atoms with E-state index in [2.05, 4.69) is 21.5 Å². The van der Waals surface area contributed by atoms with Gasteiger partial charge in [0.25, 0.3) is 0 Å². The molecule has 2 atom stereocenters. The molecule has 0 amide bonds. The SMILES string of the molecule is CN(c1nccn1C)C1CCCCC1CN. The Morgan fingerprint density at radius 3 is 2.88 bits per heavy atom. The van der Waals surface area contributed by atoms with Gasteiger partial charge in [-0.2, -0.15) is 0 Å². The summed E-state index contributed by atoms with van der Waals surface area (Å²) in [7, 11) is 4.18. The molecular formula is C12H22N4. The fourth-order valence-electron chi connectivity index (χ4n) is 2.82. The first-order valence-electron chi connectivity index (χ1n) is 6.14. The summed E-state index contributed by atoms with van der Waals surface area (Å²) in [6.45, 7) is 0.791. The number of aryl methyl sites for hydroxylation is 1. The Kier molecular flexibility index (Phi) is 3.49. The van der Waals surface area contributed by atoms with E-state index in [-0.39, 0.29) is 0 Å². The average molecular weight is 222 g/mol. The van der Waals surface area contributed by atoms with Gasteiger partial charge < -0.3 is 15.2 Å². The normalized spacial score (nSPS) is 25.7. The van der Waals surface area contributed by atoms with Crippen LogP contribution in [0, 0.1) is 5.92 Å². The van der Waals surface area contributed by atoms with Crippen LogP contribution in [0.15, 0.2) is 12.4 Å². The minimum atomic E-state index is 0.555. The van der Waals surface area contributed by atoms with Gasteiger partial charge in [0.2, 0.25) is 5.95 Å². The molecule has 90 valence electrons. The molecule has 1 aliphatic rings. The third kappa shape index (κ3) is 2.07. The third-order valence-electron chi connectivity index (χ3n) is 3.78. The van der Waals surface area contributed by atoms with Gasteiger partial charge >= 0.3 is 0 Å². The van der Waals surface area contributed by atoms with E-state index in [9.17, 15) is 0 Å². The lowest BCUT2D eigenvalue weighted by Crippen LogP contribution is -2.44. The van der Waals surface area contributed by atoms with Crippen LogP contribution in [0.25, 0.3) is 0 Å². The monoisotopic (exact) mass is 222 g/mol. The van der Waals surface area contributed by atoms with Crippen LogP contribution in [0.5, 0.6) is 0 Å². The van der Waals surface area contributed by atoms with E-state index in [0.29, 0.717) is 12.0 Å². The molecule has 0 radical (unpaired) electrons. The van der Waals surface area contributed by atoms with Crippen molar-refractivity contribution in [1.82, 2.24) is 9.55 Å². The second kappa shape index (κ2) is 4.87. The van der Waals surface area contributed by atoms with Gasteiger partial charge in [-0.05, 0) is 25.3 Å². The van der Waals surface area contributed by atoms with Gasteiger partial charge in [0.05, 0.1) is 0 Å². The van der Waals surface area contributed by atoms with Gasteiger partial charge in [-0.15, -0.1) is 0 Å². The summed E-state index contributed by atoms with van der Waals surface area (Å²) in [6.07, 6.45) is 8.99. The van der Waals surface area contributed by atoms with Crippen LogP contribution in [0.4, 0.5) is 5.95 Å². The maximum atomic E-state index is 5.87. The minimum absolute atomic E-state index is 0.555. The predicted octanol–water partition coefficient (Wildman–Crippen LogP) is 1.37. The van der Waals surface area contributed by atoms with Crippen molar-refractivity contribution in [1.29, 1.82) is 0 Å². The van der Waals surface area contributed by atoms with Crippen LogP contribution < -0.4 is 10.6 Å². The number of imidazole rings is 1. The fourth-order valence-corrected chi connectivity index (χ4v) is 2.82. The number of nitrogens with zero attached hydrogens (tertiary/aromatic N) is 3. The summed E-state index contributed by atoms with van der Waals surface area (Å²) >= 11 is 0. The van der Waals surface area contributed by atoms with E-state index >= 15 is 0 Å². The molecule has 1 aliphatic carbocycles. The fraction of sp³-hybridized carbons (Fsp3) is 0.750. The Bertz CT molecular complexity index is 334. The summed E-state index contributed by atoms with van der Waals surface area (Å²) in [5, 5.41) is 0. The van der Waals surface area contributed by atoms with Crippen molar-refractivity contribution in [3.8, 4) is 0 Å². The highest BCUT2D eigenvalue weighted by Crippen LogP contribution is 2.29. The lowest BCUT2D eigenvalue weighted by atomic mass is 9.84. The van der Waals surface area contributed by atoms with E-state index < -0.39 is 0 Å². The molecule has 0 bridgehead atoms. The lowest BCUT2D eigenvalue weighted by Gasteiger charge is -2.38. The second-order valence-electron chi connectivity index (χ2n) is 4.80. The van der Waals surface area contributed by atoms with Crippen LogP contribution in [0.1, 0.15) is 25.7 Å². The lowest BCUT2D eigenvalue weighted by molar-refractivity contribution is 0.303. The molecule has 2 unspecified atom stereocenters. The van der Waals surface area contributed by atoms with Crippen LogP contribution in [0.3, 0.4) is 0 Å². The van der Waals surface area contributed by atoms with E-state index in [1.54, 1.807) is 0 Å².